The third kappa shape index (κ3) is 5.62. The fourth-order valence-electron chi connectivity index (χ4n) is 1.47. The Labute approximate surface area is 131 Å². The van der Waals surface area contributed by atoms with Gasteiger partial charge in [0.25, 0.3) is 0 Å². The topological polar surface area (TPSA) is 83.5 Å². The number of aryl methyl sites for hydroxylation is 1. The van der Waals surface area contributed by atoms with Gasteiger partial charge in [0, 0.05) is 24.7 Å². The molecule has 1 aromatic rings. The second-order valence-electron chi connectivity index (χ2n) is 5.65. The second kappa shape index (κ2) is 7.22. The first-order valence-corrected chi connectivity index (χ1v) is 9.21. The SMILES string of the molecule is CN=C(NCCS(=O)(=O)C(C)(C)C)NCc1ncc(C)s1. The minimum atomic E-state index is -3.12. The monoisotopic (exact) mass is 332 g/mol. The van der Waals surface area contributed by atoms with Gasteiger partial charge in [-0.3, -0.25) is 4.99 Å². The standard InChI is InChI=1S/C13H24N4O2S2/c1-10-8-16-11(20-10)9-17-12(14-5)15-6-7-21(18,19)13(2,3)4/h8H,6-7,9H2,1-5H3,(H2,14,15,17). The molecule has 0 saturated heterocycles. The summed E-state index contributed by atoms with van der Waals surface area (Å²) >= 11 is 1.62. The van der Waals surface area contributed by atoms with Crippen LogP contribution >= 0.6 is 11.3 Å². The molecule has 0 amide bonds. The summed E-state index contributed by atoms with van der Waals surface area (Å²) in [5, 5.41) is 7.10. The summed E-state index contributed by atoms with van der Waals surface area (Å²) in [6.07, 6.45) is 1.83. The number of guanidine groups is 1. The lowest BCUT2D eigenvalue weighted by Crippen LogP contribution is -2.41. The van der Waals surface area contributed by atoms with E-state index in [1.807, 2.05) is 13.1 Å². The van der Waals surface area contributed by atoms with Gasteiger partial charge in [-0.1, -0.05) is 0 Å². The van der Waals surface area contributed by atoms with Crippen LogP contribution in [0.15, 0.2) is 11.2 Å². The molecule has 0 aromatic carbocycles. The van der Waals surface area contributed by atoms with Gasteiger partial charge in [-0.05, 0) is 27.7 Å². The molecule has 8 heteroatoms. The first-order chi connectivity index (χ1) is 9.65. The van der Waals surface area contributed by atoms with Crippen molar-refractivity contribution >= 4 is 27.1 Å². The Hall–Kier alpha value is -1.15. The zero-order valence-electron chi connectivity index (χ0n) is 13.2. The summed E-state index contributed by atoms with van der Waals surface area (Å²) in [5.74, 6) is 0.653. The molecule has 0 aliphatic rings. The molecule has 6 nitrogen and oxygen atoms in total. The number of hydrogen-bond acceptors (Lipinski definition) is 5. The molecule has 0 atom stereocenters. The van der Waals surface area contributed by atoms with Crippen LogP contribution in [-0.4, -0.2) is 43.5 Å². The van der Waals surface area contributed by atoms with Crippen LogP contribution in [0.2, 0.25) is 0 Å². The summed E-state index contributed by atoms with van der Waals surface area (Å²) in [7, 11) is -1.47. The van der Waals surface area contributed by atoms with Crippen LogP contribution < -0.4 is 10.6 Å². The Bertz CT molecular complexity index is 586. The molecule has 1 heterocycles. The highest BCUT2D eigenvalue weighted by Gasteiger charge is 2.28. The minimum absolute atomic E-state index is 0.0769. The van der Waals surface area contributed by atoms with Crippen molar-refractivity contribution in [2.45, 2.75) is 39.0 Å². The number of sulfone groups is 1. The first-order valence-electron chi connectivity index (χ1n) is 6.74. The summed E-state index contributed by atoms with van der Waals surface area (Å²) in [6, 6.07) is 0. The van der Waals surface area contributed by atoms with Gasteiger partial charge in [0.05, 0.1) is 17.0 Å². The zero-order valence-corrected chi connectivity index (χ0v) is 14.9. The lowest BCUT2D eigenvalue weighted by molar-refractivity contribution is 0.559. The fourth-order valence-corrected chi connectivity index (χ4v) is 3.18. The van der Waals surface area contributed by atoms with E-state index in [0.29, 0.717) is 19.0 Å². The van der Waals surface area contributed by atoms with Crippen LogP contribution in [0.3, 0.4) is 0 Å². The number of rotatable bonds is 5. The van der Waals surface area contributed by atoms with Crippen molar-refractivity contribution in [3.05, 3.63) is 16.1 Å². The van der Waals surface area contributed by atoms with Crippen molar-refractivity contribution in [1.82, 2.24) is 15.6 Å². The average molecular weight is 332 g/mol. The molecule has 2 N–H and O–H groups in total. The summed E-state index contributed by atoms with van der Waals surface area (Å²) in [4.78, 5) is 9.48. The second-order valence-corrected chi connectivity index (χ2v) is 9.83. The molecular formula is C13H24N4O2S2. The summed E-state index contributed by atoms with van der Waals surface area (Å²) in [6.45, 7) is 8.03. The Balaban J connectivity index is 2.42. The quantitative estimate of drug-likeness (QED) is 0.628. The smallest absolute Gasteiger partial charge is 0.191 e. The van der Waals surface area contributed by atoms with Crippen molar-refractivity contribution in [1.29, 1.82) is 0 Å². The number of nitrogens with zero attached hydrogens (tertiary/aromatic N) is 2. The molecule has 0 aliphatic carbocycles. The number of aliphatic imine (C=N–C) groups is 1. The van der Waals surface area contributed by atoms with E-state index in [0.717, 1.165) is 9.88 Å². The molecule has 0 saturated carbocycles. The largest absolute Gasteiger partial charge is 0.355 e. The Morgan fingerprint density at radius 1 is 1.38 bits per heavy atom. The highest BCUT2D eigenvalue weighted by atomic mass is 32.2. The molecular weight excluding hydrogens is 308 g/mol. The van der Waals surface area contributed by atoms with Gasteiger partial charge < -0.3 is 10.6 Å². The van der Waals surface area contributed by atoms with Gasteiger partial charge in [-0.15, -0.1) is 11.3 Å². The predicted octanol–water partition coefficient (Wildman–Crippen LogP) is 1.33. The molecule has 0 bridgehead atoms. The van der Waals surface area contributed by atoms with E-state index in [1.165, 1.54) is 0 Å². The molecule has 0 radical (unpaired) electrons. The highest BCUT2D eigenvalue weighted by molar-refractivity contribution is 7.92. The molecule has 0 spiro atoms. The lowest BCUT2D eigenvalue weighted by atomic mass is 10.3. The predicted molar refractivity (Wildman–Crippen MR) is 88.6 cm³/mol. The number of thiazole rings is 1. The van der Waals surface area contributed by atoms with Crippen molar-refractivity contribution in [3.8, 4) is 0 Å². The zero-order chi connectivity index (χ0) is 16.1. The molecule has 21 heavy (non-hydrogen) atoms. The van der Waals surface area contributed by atoms with Gasteiger partial charge in [0.1, 0.15) is 5.01 Å². The molecule has 120 valence electrons. The van der Waals surface area contributed by atoms with Gasteiger partial charge >= 0.3 is 0 Å². The summed E-state index contributed by atoms with van der Waals surface area (Å²) < 4.78 is 23.3. The lowest BCUT2D eigenvalue weighted by Gasteiger charge is -2.19. The number of aromatic nitrogens is 1. The van der Waals surface area contributed by atoms with Crippen LogP contribution in [0.1, 0.15) is 30.7 Å². The Morgan fingerprint density at radius 3 is 2.52 bits per heavy atom. The van der Waals surface area contributed by atoms with Gasteiger partial charge in [-0.25, -0.2) is 13.4 Å². The normalized spacial score (nSPS) is 13.3. The third-order valence-electron chi connectivity index (χ3n) is 2.90. The number of hydrogen-bond donors (Lipinski definition) is 2. The maximum Gasteiger partial charge on any atom is 0.191 e. The van der Waals surface area contributed by atoms with Crippen LogP contribution in [0.5, 0.6) is 0 Å². The molecule has 0 fully saturated rings. The van der Waals surface area contributed by atoms with Gasteiger partial charge in [0.15, 0.2) is 15.8 Å². The van der Waals surface area contributed by atoms with Gasteiger partial charge in [0.2, 0.25) is 0 Å². The molecule has 1 rings (SSSR count). The van der Waals surface area contributed by atoms with Crippen molar-refractivity contribution in [3.63, 3.8) is 0 Å². The van der Waals surface area contributed by atoms with E-state index in [9.17, 15) is 8.42 Å². The third-order valence-corrected chi connectivity index (χ3v) is 6.42. The average Bonchev–Trinajstić information content (AvgIpc) is 2.78. The van der Waals surface area contributed by atoms with Crippen LogP contribution in [0, 0.1) is 6.92 Å². The molecule has 0 aliphatic heterocycles. The van der Waals surface area contributed by atoms with E-state index in [4.69, 9.17) is 0 Å². The van der Waals surface area contributed by atoms with E-state index in [2.05, 4.69) is 20.6 Å². The van der Waals surface area contributed by atoms with Crippen molar-refractivity contribution in [2.75, 3.05) is 19.3 Å². The Kier molecular flexibility index (Phi) is 6.15. The van der Waals surface area contributed by atoms with Crippen LogP contribution in [-0.2, 0) is 16.4 Å². The highest BCUT2D eigenvalue weighted by Crippen LogP contribution is 2.15. The maximum absolute atomic E-state index is 12.0. The maximum atomic E-state index is 12.0. The van der Waals surface area contributed by atoms with E-state index < -0.39 is 14.6 Å². The summed E-state index contributed by atoms with van der Waals surface area (Å²) in [5.41, 5.74) is 0. The van der Waals surface area contributed by atoms with E-state index in [-0.39, 0.29) is 5.75 Å². The van der Waals surface area contributed by atoms with Crippen molar-refractivity contribution < 1.29 is 8.42 Å². The minimum Gasteiger partial charge on any atom is -0.355 e. The van der Waals surface area contributed by atoms with Crippen molar-refractivity contribution in [2.24, 2.45) is 4.99 Å². The van der Waals surface area contributed by atoms with Gasteiger partial charge in [-0.2, -0.15) is 0 Å². The molecule has 1 aromatic heterocycles. The van der Waals surface area contributed by atoms with E-state index >= 15 is 0 Å². The first kappa shape index (κ1) is 17.9. The van der Waals surface area contributed by atoms with E-state index in [1.54, 1.807) is 39.2 Å². The van der Waals surface area contributed by atoms with Crippen LogP contribution in [0.4, 0.5) is 0 Å². The number of nitrogens with one attached hydrogen (secondary N) is 2. The fraction of sp³-hybridized carbons (Fsp3) is 0.692. The Morgan fingerprint density at radius 2 is 2.05 bits per heavy atom. The molecule has 0 unspecified atom stereocenters. The van der Waals surface area contributed by atoms with Crippen LogP contribution in [0.25, 0.3) is 0 Å².